The number of rotatable bonds is 5. The molecule has 0 spiro atoms. The topological polar surface area (TPSA) is 44.5 Å². The van der Waals surface area contributed by atoms with Crippen molar-refractivity contribution in [3.8, 4) is 5.75 Å². The van der Waals surface area contributed by atoms with Crippen LogP contribution in [0, 0.1) is 0 Å². The molecule has 2 aromatic heterocycles. The molecule has 0 aliphatic carbocycles. The van der Waals surface area contributed by atoms with Gasteiger partial charge in [0.15, 0.2) is 0 Å². The lowest BCUT2D eigenvalue weighted by molar-refractivity contribution is 0.0894. The largest absolute Gasteiger partial charge is 0.497 e. The van der Waals surface area contributed by atoms with Crippen molar-refractivity contribution in [3.05, 3.63) is 60.1 Å². The lowest BCUT2D eigenvalue weighted by atomic mass is 10.0. The first-order valence-corrected chi connectivity index (χ1v) is 6.91. The van der Waals surface area contributed by atoms with Gasteiger partial charge < -0.3 is 13.9 Å². The van der Waals surface area contributed by atoms with Crippen LogP contribution in [0.4, 0.5) is 0 Å². The predicted molar refractivity (Wildman–Crippen MR) is 80.5 cm³/mol. The molecule has 1 atom stereocenters. The van der Waals surface area contributed by atoms with Gasteiger partial charge in [0.1, 0.15) is 17.4 Å². The molecule has 0 saturated heterocycles. The van der Waals surface area contributed by atoms with E-state index in [1.807, 2.05) is 43.3 Å². The number of pyridine rings is 1. The molecule has 3 rings (SSSR count). The molecular formula is C17H17NO3. The van der Waals surface area contributed by atoms with Crippen molar-refractivity contribution < 1.29 is 13.9 Å². The predicted octanol–water partition coefficient (Wildman–Crippen LogP) is 3.96. The van der Waals surface area contributed by atoms with E-state index in [-0.39, 0.29) is 6.10 Å². The summed E-state index contributed by atoms with van der Waals surface area (Å²) in [5.41, 5.74) is 2.73. The zero-order valence-corrected chi connectivity index (χ0v) is 12.1. The Morgan fingerprint density at radius 1 is 1.14 bits per heavy atom. The molecule has 0 N–H and O–H groups in total. The molecule has 0 aliphatic rings. The van der Waals surface area contributed by atoms with Gasteiger partial charge in [0, 0.05) is 18.2 Å². The van der Waals surface area contributed by atoms with Crippen molar-refractivity contribution in [1.82, 2.24) is 4.98 Å². The average molecular weight is 283 g/mol. The Morgan fingerprint density at radius 3 is 2.67 bits per heavy atom. The number of ether oxygens (including phenoxy) is 2. The van der Waals surface area contributed by atoms with Gasteiger partial charge in [0.25, 0.3) is 0 Å². The molecule has 2 heterocycles. The lowest BCUT2D eigenvalue weighted by Gasteiger charge is -2.18. The molecule has 0 aliphatic heterocycles. The summed E-state index contributed by atoms with van der Waals surface area (Å²) in [6, 6.07) is 11.6. The number of aromatic nitrogens is 1. The van der Waals surface area contributed by atoms with E-state index in [2.05, 4.69) is 4.98 Å². The van der Waals surface area contributed by atoms with E-state index in [0.717, 1.165) is 28.0 Å². The maximum absolute atomic E-state index is 5.92. The smallest absolute Gasteiger partial charge is 0.137 e. The third kappa shape index (κ3) is 2.62. The van der Waals surface area contributed by atoms with E-state index in [1.165, 1.54) is 0 Å². The Morgan fingerprint density at radius 2 is 1.95 bits per heavy atom. The number of benzene rings is 1. The fraction of sp³-hybridized carbons (Fsp3) is 0.235. The molecule has 0 amide bonds. The van der Waals surface area contributed by atoms with Gasteiger partial charge in [-0.25, -0.2) is 0 Å². The van der Waals surface area contributed by atoms with Gasteiger partial charge in [0.05, 0.1) is 19.1 Å². The molecule has 0 radical (unpaired) electrons. The molecular weight excluding hydrogens is 266 g/mol. The van der Waals surface area contributed by atoms with Gasteiger partial charge in [0.2, 0.25) is 0 Å². The summed E-state index contributed by atoms with van der Waals surface area (Å²) in [5, 5.41) is 0.978. The second-order valence-corrected chi connectivity index (χ2v) is 4.64. The first-order chi connectivity index (χ1) is 10.3. The van der Waals surface area contributed by atoms with E-state index in [9.17, 15) is 0 Å². The Balaban J connectivity index is 2.06. The molecule has 3 aromatic rings. The van der Waals surface area contributed by atoms with Crippen LogP contribution in [0.3, 0.4) is 0 Å². The summed E-state index contributed by atoms with van der Waals surface area (Å²) >= 11 is 0. The number of nitrogens with zero attached hydrogens (tertiary/aromatic N) is 1. The number of hydrogen-bond acceptors (Lipinski definition) is 4. The van der Waals surface area contributed by atoms with Crippen LogP contribution in [0.1, 0.15) is 24.3 Å². The minimum Gasteiger partial charge on any atom is -0.497 e. The van der Waals surface area contributed by atoms with Gasteiger partial charge in [-0.1, -0.05) is 12.1 Å². The fourth-order valence-electron chi connectivity index (χ4n) is 2.40. The Labute approximate surface area is 123 Å². The van der Waals surface area contributed by atoms with Crippen molar-refractivity contribution >= 4 is 11.0 Å². The molecule has 0 saturated carbocycles. The Kier molecular flexibility index (Phi) is 3.88. The summed E-state index contributed by atoms with van der Waals surface area (Å²) < 4.78 is 16.6. The summed E-state index contributed by atoms with van der Waals surface area (Å²) in [7, 11) is 1.66. The molecule has 4 heteroatoms. The third-order valence-electron chi connectivity index (χ3n) is 3.41. The number of furan rings is 1. The first kappa shape index (κ1) is 13.6. The number of fused-ring (bicyclic) bond motifs is 1. The Hall–Kier alpha value is -2.33. The van der Waals surface area contributed by atoms with Crippen molar-refractivity contribution in [2.45, 2.75) is 13.0 Å². The summed E-state index contributed by atoms with van der Waals surface area (Å²) in [5.74, 6) is 0.823. The van der Waals surface area contributed by atoms with Gasteiger partial charge in [-0.05, 0) is 36.8 Å². The monoisotopic (exact) mass is 283 g/mol. The fourth-order valence-corrected chi connectivity index (χ4v) is 2.40. The summed E-state index contributed by atoms with van der Waals surface area (Å²) in [4.78, 5) is 4.50. The summed E-state index contributed by atoms with van der Waals surface area (Å²) in [6.45, 7) is 2.58. The first-order valence-electron chi connectivity index (χ1n) is 6.91. The van der Waals surface area contributed by atoms with E-state index in [4.69, 9.17) is 13.9 Å². The molecule has 1 unspecified atom stereocenters. The van der Waals surface area contributed by atoms with Crippen LogP contribution >= 0.6 is 0 Å². The molecule has 4 nitrogen and oxygen atoms in total. The standard InChI is InChI=1S/C17H17NO3/c1-3-20-17(12-4-6-13(19-2)7-5-12)16-14-9-11-21-15(14)8-10-18-16/h4-11,17H,3H2,1-2H3. The third-order valence-corrected chi connectivity index (χ3v) is 3.41. The molecule has 0 bridgehead atoms. The van der Waals surface area contributed by atoms with E-state index in [0.29, 0.717) is 6.61 Å². The van der Waals surface area contributed by atoms with Crippen LogP contribution in [0.15, 0.2) is 53.3 Å². The normalized spacial score (nSPS) is 12.5. The van der Waals surface area contributed by atoms with Crippen LogP contribution in [-0.2, 0) is 4.74 Å². The van der Waals surface area contributed by atoms with E-state index >= 15 is 0 Å². The highest BCUT2D eigenvalue weighted by atomic mass is 16.5. The van der Waals surface area contributed by atoms with Gasteiger partial charge >= 0.3 is 0 Å². The second kappa shape index (κ2) is 5.97. The van der Waals surface area contributed by atoms with Gasteiger partial charge in [-0.15, -0.1) is 0 Å². The number of hydrogen-bond donors (Lipinski definition) is 0. The average Bonchev–Trinajstić information content (AvgIpc) is 3.01. The van der Waals surface area contributed by atoms with Crippen molar-refractivity contribution in [2.24, 2.45) is 0 Å². The minimum absolute atomic E-state index is 0.220. The van der Waals surface area contributed by atoms with Crippen LogP contribution < -0.4 is 4.74 Å². The maximum atomic E-state index is 5.92. The highest BCUT2D eigenvalue weighted by molar-refractivity contribution is 5.80. The highest BCUT2D eigenvalue weighted by Gasteiger charge is 2.19. The van der Waals surface area contributed by atoms with Crippen LogP contribution in [0.2, 0.25) is 0 Å². The Bertz CT molecular complexity index is 718. The zero-order valence-electron chi connectivity index (χ0n) is 12.1. The van der Waals surface area contributed by atoms with Crippen molar-refractivity contribution in [3.63, 3.8) is 0 Å². The van der Waals surface area contributed by atoms with E-state index < -0.39 is 0 Å². The molecule has 0 fully saturated rings. The van der Waals surface area contributed by atoms with Crippen LogP contribution in [0.25, 0.3) is 11.0 Å². The van der Waals surface area contributed by atoms with Crippen LogP contribution in [0.5, 0.6) is 5.75 Å². The van der Waals surface area contributed by atoms with E-state index in [1.54, 1.807) is 19.6 Å². The quantitative estimate of drug-likeness (QED) is 0.711. The molecule has 21 heavy (non-hydrogen) atoms. The summed E-state index contributed by atoms with van der Waals surface area (Å²) in [6.07, 6.45) is 3.20. The minimum atomic E-state index is -0.220. The lowest BCUT2D eigenvalue weighted by Crippen LogP contribution is -2.08. The molecule has 108 valence electrons. The highest BCUT2D eigenvalue weighted by Crippen LogP contribution is 2.31. The molecule has 1 aromatic carbocycles. The maximum Gasteiger partial charge on any atom is 0.137 e. The van der Waals surface area contributed by atoms with Gasteiger partial charge in [-0.3, -0.25) is 4.98 Å². The second-order valence-electron chi connectivity index (χ2n) is 4.64. The van der Waals surface area contributed by atoms with Crippen LogP contribution in [-0.4, -0.2) is 18.7 Å². The zero-order chi connectivity index (χ0) is 14.7. The van der Waals surface area contributed by atoms with Crippen molar-refractivity contribution in [2.75, 3.05) is 13.7 Å². The SMILES string of the molecule is CCOC(c1ccc(OC)cc1)c1nccc2occc12. The van der Waals surface area contributed by atoms with Crippen molar-refractivity contribution in [1.29, 1.82) is 0 Å². The van der Waals surface area contributed by atoms with Gasteiger partial charge in [-0.2, -0.15) is 0 Å². The number of methoxy groups -OCH3 is 1.